The topological polar surface area (TPSA) is 20.2 Å². The van der Waals surface area contributed by atoms with Crippen molar-refractivity contribution >= 4 is 0 Å². The lowest BCUT2D eigenvalue weighted by molar-refractivity contribution is 0.253. The molecule has 1 aromatic rings. The quantitative estimate of drug-likeness (QED) is 0.697. The molecule has 1 aromatic carbocycles. The van der Waals surface area contributed by atoms with Gasteiger partial charge < -0.3 is 5.11 Å². The number of benzene rings is 1. The highest BCUT2D eigenvalue weighted by molar-refractivity contribution is 5.21. The van der Waals surface area contributed by atoms with Crippen LogP contribution in [0.25, 0.3) is 0 Å². The van der Waals surface area contributed by atoms with E-state index in [1.165, 1.54) is 25.3 Å². The number of halogens is 1. The molecule has 0 aliphatic carbocycles. The molecule has 0 bridgehead atoms. The number of unbranched alkanes of at least 4 members (excludes halogenated alkanes) is 3. The van der Waals surface area contributed by atoms with Crippen molar-refractivity contribution in [3.05, 3.63) is 35.6 Å². The van der Waals surface area contributed by atoms with Gasteiger partial charge in [-0.2, -0.15) is 0 Å². The average Bonchev–Trinajstić information content (AvgIpc) is 2.31. The Morgan fingerprint density at radius 2 is 1.94 bits per heavy atom. The van der Waals surface area contributed by atoms with Crippen molar-refractivity contribution in [1.82, 2.24) is 0 Å². The molecule has 1 nitrogen and oxygen atoms in total. The van der Waals surface area contributed by atoms with E-state index in [-0.39, 0.29) is 18.3 Å². The van der Waals surface area contributed by atoms with Crippen molar-refractivity contribution < 1.29 is 9.50 Å². The average molecular weight is 224 g/mol. The molecular weight excluding hydrogens is 203 g/mol. The Kier molecular flexibility index (Phi) is 6.09. The predicted molar refractivity (Wildman–Crippen MR) is 65.0 cm³/mol. The summed E-state index contributed by atoms with van der Waals surface area (Å²) in [5, 5.41) is 9.29. The van der Waals surface area contributed by atoms with Crippen molar-refractivity contribution in [3.63, 3.8) is 0 Å². The molecule has 1 unspecified atom stereocenters. The first-order chi connectivity index (χ1) is 7.79. The molecule has 1 atom stereocenters. The molecule has 1 N–H and O–H groups in total. The fourth-order valence-corrected chi connectivity index (χ4v) is 1.97. The van der Waals surface area contributed by atoms with Crippen molar-refractivity contribution in [1.29, 1.82) is 0 Å². The fraction of sp³-hybridized carbons (Fsp3) is 0.571. The molecule has 0 saturated carbocycles. The van der Waals surface area contributed by atoms with Crippen LogP contribution >= 0.6 is 0 Å². The molecule has 0 aliphatic rings. The third-order valence-electron chi connectivity index (χ3n) is 2.97. The summed E-state index contributed by atoms with van der Waals surface area (Å²) < 4.78 is 13.5. The van der Waals surface area contributed by atoms with E-state index >= 15 is 0 Å². The van der Waals surface area contributed by atoms with E-state index in [9.17, 15) is 9.50 Å². The van der Waals surface area contributed by atoms with Crippen LogP contribution in [0.4, 0.5) is 4.39 Å². The first-order valence-corrected chi connectivity index (χ1v) is 6.14. The summed E-state index contributed by atoms with van der Waals surface area (Å²) in [6, 6.07) is 6.75. The minimum Gasteiger partial charge on any atom is -0.396 e. The van der Waals surface area contributed by atoms with Crippen LogP contribution in [0.2, 0.25) is 0 Å². The maximum Gasteiger partial charge on any atom is 0.126 e. The summed E-state index contributed by atoms with van der Waals surface area (Å²) in [5.41, 5.74) is 0.654. The van der Waals surface area contributed by atoms with Gasteiger partial charge in [-0.15, -0.1) is 0 Å². The smallest absolute Gasteiger partial charge is 0.126 e. The van der Waals surface area contributed by atoms with Crippen LogP contribution in [0.5, 0.6) is 0 Å². The number of aliphatic hydroxyl groups is 1. The Bertz CT molecular complexity index is 299. The molecule has 0 radical (unpaired) electrons. The zero-order valence-electron chi connectivity index (χ0n) is 9.95. The van der Waals surface area contributed by atoms with E-state index in [1.807, 2.05) is 6.07 Å². The maximum atomic E-state index is 13.5. The van der Waals surface area contributed by atoms with Gasteiger partial charge in [0.2, 0.25) is 0 Å². The van der Waals surface area contributed by atoms with Crippen LogP contribution in [0.15, 0.2) is 24.3 Å². The second-order valence-electron chi connectivity index (χ2n) is 4.25. The van der Waals surface area contributed by atoms with Crippen molar-refractivity contribution in [3.8, 4) is 0 Å². The van der Waals surface area contributed by atoms with Crippen LogP contribution in [-0.4, -0.2) is 11.7 Å². The normalized spacial score (nSPS) is 12.7. The van der Waals surface area contributed by atoms with Gasteiger partial charge in [-0.1, -0.05) is 50.8 Å². The molecule has 0 heterocycles. The first-order valence-electron chi connectivity index (χ1n) is 6.14. The SMILES string of the molecule is CCCCCCC(CO)c1ccccc1F. The molecule has 0 aliphatic heterocycles. The largest absolute Gasteiger partial charge is 0.396 e. The monoisotopic (exact) mass is 224 g/mol. The number of aliphatic hydroxyl groups excluding tert-OH is 1. The summed E-state index contributed by atoms with van der Waals surface area (Å²) in [4.78, 5) is 0. The second kappa shape index (κ2) is 7.39. The molecule has 90 valence electrons. The molecule has 0 fully saturated rings. The van der Waals surface area contributed by atoms with Gasteiger partial charge in [-0.25, -0.2) is 4.39 Å². The Labute approximate surface area is 97.3 Å². The summed E-state index contributed by atoms with van der Waals surface area (Å²) in [6.45, 7) is 2.20. The second-order valence-corrected chi connectivity index (χ2v) is 4.25. The van der Waals surface area contributed by atoms with Crippen molar-refractivity contribution in [2.24, 2.45) is 0 Å². The summed E-state index contributed by atoms with van der Waals surface area (Å²) >= 11 is 0. The van der Waals surface area contributed by atoms with Gasteiger partial charge in [0.25, 0.3) is 0 Å². The Morgan fingerprint density at radius 3 is 2.56 bits per heavy atom. The summed E-state index contributed by atoms with van der Waals surface area (Å²) in [5.74, 6) is -0.241. The highest BCUT2D eigenvalue weighted by atomic mass is 19.1. The lowest BCUT2D eigenvalue weighted by Crippen LogP contribution is -2.06. The molecule has 0 amide bonds. The minimum absolute atomic E-state index is 0.0348. The Morgan fingerprint density at radius 1 is 1.19 bits per heavy atom. The predicted octanol–water partition coefficient (Wildman–Crippen LogP) is 3.87. The highest BCUT2D eigenvalue weighted by Gasteiger charge is 2.13. The van der Waals surface area contributed by atoms with E-state index in [0.717, 1.165) is 12.8 Å². The molecule has 0 aromatic heterocycles. The zero-order chi connectivity index (χ0) is 11.8. The van der Waals surface area contributed by atoms with Crippen LogP contribution in [0, 0.1) is 5.82 Å². The van der Waals surface area contributed by atoms with E-state index in [4.69, 9.17) is 0 Å². The van der Waals surface area contributed by atoms with Crippen molar-refractivity contribution in [2.75, 3.05) is 6.61 Å². The lowest BCUT2D eigenvalue weighted by atomic mass is 9.93. The number of rotatable bonds is 7. The first kappa shape index (κ1) is 13.2. The van der Waals surface area contributed by atoms with Crippen LogP contribution in [-0.2, 0) is 0 Å². The van der Waals surface area contributed by atoms with Gasteiger partial charge in [0.1, 0.15) is 5.82 Å². The van der Waals surface area contributed by atoms with E-state index < -0.39 is 0 Å². The summed E-state index contributed by atoms with van der Waals surface area (Å²) in [7, 11) is 0. The van der Waals surface area contributed by atoms with E-state index in [1.54, 1.807) is 12.1 Å². The van der Waals surface area contributed by atoms with Gasteiger partial charge in [-0.3, -0.25) is 0 Å². The third-order valence-corrected chi connectivity index (χ3v) is 2.97. The van der Waals surface area contributed by atoms with Gasteiger partial charge in [0, 0.05) is 5.92 Å². The molecule has 0 saturated heterocycles. The van der Waals surface area contributed by atoms with Gasteiger partial charge in [-0.05, 0) is 18.1 Å². The van der Waals surface area contributed by atoms with Crippen LogP contribution in [0.3, 0.4) is 0 Å². The molecule has 0 spiro atoms. The summed E-state index contributed by atoms with van der Waals surface area (Å²) in [6.07, 6.45) is 5.52. The molecule has 2 heteroatoms. The van der Waals surface area contributed by atoms with Crippen LogP contribution in [0.1, 0.15) is 50.5 Å². The highest BCUT2D eigenvalue weighted by Crippen LogP contribution is 2.24. The number of hydrogen-bond donors (Lipinski definition) is 1. The molecule has 16 heavy (non-hydrogen) atoms. The number of hydrogen-bond acceptors (Lipinski definition) is 1. The van der Waals surface area contributed by atoms with Gasteiger partial charge in [0.05, 0.1) is 6.61 Å². The van der Waals surface area contributed by atoms with Crippen LogP contribution < -0.4 is 0 Å². The Hall–Kier alpha value is -0.890. The maximum absolute atomic E-state index is 13.5. The third kappa shape index (κ3) is 3.93. The van der Waals surface area contributed by atoms with Gasteiger partial charge in [0.15, 0.2) is 0 Å². The molecule has 1 rings (SSSR count). The fourth-order valence-electron chi connectivity index (χ4n) is 1.97. The van der Waals surface area contributed by atoms with E-state index in [2.05, 4.69) is 6.92 Å². The van der Waals surface area contributed by atoms with Crippen molar-refractivity contribution in [2.45, 2.75) is 44.9 Å². The van der Waals surface area contributed by atoms with E-state index in [0.29, 0.717) is 5.56 Å². The standard InChI is InChI=1S/C14H21FO/c1-2-3-4-5-8-12(11-16)13-9-6-7-10-14(13)15/h6-7,9-10,12,16H,2-5,8,11H2,1H3. The zero-order valence-corrected chi connectivity index (χ0v) is 9.95. The molecular formula is C14H21FO. The van der Waals surface area contributed by atoms with Gasteiger partial charge >= 0.3 is 0 Å². The lowest BCUT2D eigenvalue weighted by Gasteiger charge is -2.15. The Balaban J connectivity index is 2.51. The minimum atomic E-state index is -0.197.